The number of ketones is 1. The Morgan fingerprint density at radius 3 is 1.65 bits per heavy atom. The fourth-order valence-corrected chi connectivity index (χ4v) is 5.92. The van der Waals surface area contributed by atoms with E-state index in [1.807, 2.05) is 67.6 Å². The number of nitrogens with one attached hydrogen (secondary N) is 1. The van der Waals surface area contributed by atoms with Gasteiger partial charge in [0.25, 0.3) is 0 Å². The number of nitrogen functional groups attached to an aromatic ring is 1. The summed E-state index contributed by atoms with van der Waals surface area (Å²) in [5.74, 6) is -1.69. The normalized spacial score (nSPS) is 11.3. The first-order valence-electron chi connectivity index (χ1n) is 20.0. The van der Waals surface area contributed by atoms with Gasteiger partial charge in [0.2, 0.25) is 21.5 Å². The van der Waals surface area contributed by atoms with Crippen molar-refractivity contribution >= 4 is 137 Å². The molecule has 4 N–H and O–H groups in total. The first-order valence-corrected chi connectivity index (χ1v) is 32.6. The van der Waals surface area contributed by atoms with Crippen LogP contribution in [0.15, 0.2) is 103 Å². The van der Waals surface area contributed by atoms with E-state index in [0.717, 1.165) is 30.9 Å². The molecule has 398 valence electrons. The molecule has 0 fully saturated rings. The summed E-state index contributed by atoms with van der Waals surface area (Å²) >= 11 is 21.2. The van der Waals surface area contributed by atoms with Crippen LogP contribution >= 0.6 is 85.2 Å². The van der Waals surface area contributed by atoms with Gasteiger partial charge in [0, 0.05) is 17.1 Å². The fraction of sp³-hybridized carbons (Fsp3) is 0.341. The molecule has 2 aromatic heterocycles. The molecule has 0 saturated carbocycles. The van der Waals surface area contributed by atoms with Crippen LogP contribution in [0.5, 0.6) is 0 Å². The van der Waals surface area contributed by atoms with Gasteiger partial charge in [-0.05, 0) is 72.4 Å². The molecule has 0 bridgehead atoms. The number of nitrogens with zero attached hydrogens (tertiary/aromatic N) is 7. The molecule has 3 unspecified atom stereocenters. The number of alkyl halides is 6. The van der Waals surface area contributed by atoms with Crippen LogP contribution in [0.4, 0.5) is 47.4 Å². The van der Waals surface area contributed by atoms with Crippen LogP contribution in [-0.4, -0.2) is 106 Å². The van der Waals surface area contributed by atoms with Gasteiger partial charge in [-0.2, -0.15) is 23.1 Å². The predicted molar refractivity (Wildman–Crippen MR) is 296 cm³/mol. The Kier molecular flexibility index (Phi) is 36.4. The van der Waals surface area contributed by atoms with Gasteiger partial charge in [-0.1, -0.05) is 103 Å². The molecule has 5 aromatic rings. The number of benzene rings is 3. The second-order valence-electron chi connectivity index (χ2n) is 13.3. The molecule has 19 nitrogen and oxygen atoms in total. The zero-order valence-corrected chi connectivity index (χ0v) is 46.8. The average Bonchev–Trinajstić information content (AvgIpc) is 3.32. The van der Waals surface area contributed by atoms with E-state index in [1.165, 1.54) is 12.0 Å². The van der Waals surface area contributed by atoms with Crippen molar-refractivity contribution in [1.29, 1.82) is 0 Å². The molecule has 28 heteroatoms. The first-order chi connectivity index (χ1) is 33.4. The van der Waals surface area contributed by atoms with E-state index in [4.69, 9.17) is 50.4 Å². The summed E-state index contributed by atoms with van der Waals surface area (Å²) in [5.41, 5.74) is 6.93. The molecular formula is C44H54BrCl3F3I2N9O10. The molecule has 0 radical (unpaired) electrons. The number of esters is 2. The summed E-state index contributed by atoms with van der Waals surface area (Å²) < 4.78 is 43.6. The number of rotatable bonds is 14. The minimum Gasteiger partial charge on any atom is -0.468 e. The summed E-state index contributed by atoms with van der Waals surface area (Å²) in [7, 11) is 2.29. The summed E-state index contributed by atoms with van der Waals surface area (Å²) in [4.78, 5) is 73.2. The van der Waals surface area contributed by atoms with E-state index >= 15 is 0 Å². The van der Waals surface area contributed by atoms with Crippen molar-refractivity contribution in [2.75, 3.05) is 46.6 Å². The molecule has 0 aliphatic heterocycles. The molecule has 5 rings (SSSR count). The van der Waals surface area contributed by atoms with Gasteiger partial charge in [0.1, 0.15) is 29.9 Å². The Labute approximate surface area is 455 Å². The van der Waals surface area contributed by atoms with E-state index in [1.54, 1.807) is 37.3 Å². The minimum atomic E-state index is -4.34. The summed E-state index contributed by atoms with van der Waals surface area (Å²) in [6, 6.07) is 26.6. The largest absolute Gasteiger partial charge is 0.468 e. The summed E-state index contributed by atoms with van der Waals surface area (Å²) in [6.07, 6.45) is -2.56. The number of nitro groups is 2. The number of hydrogen-bond donors (Lipinski definition) is 3. The second-order valence-corrected chi connectivity index (χ2v) is 30.2. The smallest absolute Gasteiger partial charge is 0.390 e. The Morgan fingerprint density at radius 1 is 0.833 bits per heavy atom. The molecule has 0 amide bonds. The van der Waals surface area contributed by atoms with Gasteiger partial charge in [-0.3, -0.25) is 29.8 Å². The van der Waals surface area contributed by atoms with Gasteiger partial charge >= 0.3 is 73.8 Å². The Hall–Kier alpha value is -4.81. The maximum absolute atomic E-state index is 12.2. The zero-order valence-electron chi connectivity index (χ0n) is 38.6. The van der Waals surface area contributed by atoms with Crippen LogP contribution in [-0.2, 0) is 23.9 Å². The van der Waals surface area contributed by atoms with Crippen LogP contribution in [0.25, 0.3) is 0 Å². The van der Waals surface area contributed by atoms with E-state index in [0.29, 0.717) is 18.5 Å². The maximum Gasteiger partial charge on any atom is 0.390 e. The van der Waals surface area contributed by atoms with Crippen molar-refractivity contribution in [3.8, 4) is 0 Å². The van der Waals surface area contributed by atoms with Crippen LogP contribution in [0, 0.1) is 20.2 Å². The molecule has 0 aliphatic rings. The van der Waals surface area contributed by atoms with Gasteiger partial charge < -0.3 is 30.5 Å². The third-order valence-electron chi connectivity index (χ3n) is 7.98. The standard InChI is InChI=1S/C15H15ClN4O4.C11H15NO2.C6H7N.C5H6BrF3O2.C4HCl2N3O2.C2H6I2.CH4/c1-3-11(14(21)24-2)19(10-7-5-4-6-8-10)13-12(20(22)23)9-17-15(16)18-13;1-2-10(11(14)8-13)12-9-6-4-3-5-7-9;7-6-4-2-1-3-5-6;1-11-4(10)3(6)2-5(7,8)9;5-3-2(9(10)11)1-7-4(6)8-3;1-4(2)3;/h4-9,11H,3H2,1-2H3;3-7,10,12-13H,2,8H2,1H3;1-5H,7H2;3H,2H2,1H3;1H;1-2H3;1H4. The van der Waals surface area contributed by atoms with Crippen molar-refractivity contribution in [3.63, 3.8) is 0 Å². The summed E-state index contributed by atoms with van der Waals surface area (Å²) in [5, 5.41) is 32.8. The fourth-order valence-electron chi connectivity index (χ4n) is 4.86. The van der Waals surface area contributed by atoms with Crippen molar-refractivity contribution in [1.82, 2.24) is 19.9 Å². The Balaban J connectivity index is 0. The van der Waals surface area contributed by atoms with Gasteiger partial charge in [0.05, 0.1) is 36.5 Å². The number of para-hydroxylation sites is 3. The Morgan fingerprint density at radius 2 is 1.28 bits per heavy atom. The molecule has 0 saturated heterocycles. The topological polar surface area (TPSA) is 269 Å². The number of Topliss-reactive ketones (excluding diaryl/α,β-unsaturated/α-hetero) is 1. The molecule has 72 heavy (non-hydrogen) atoms. The first kappa shape index (κ1) is 69.3. The number of anilines is 4. The third kappa shape index (κ3) is 29.0. The maximum atomic E-state index is 12.2. The number of halogens is 9. The predicted octanol–water partition coefficient (Wildman–Crippen LogP) is 12.1. The third-order valence-corrected chi connectivity index (χ3v) is 9.32. The number of aliphatic hydroxyl groups is 1. The molecule has 3 atom stereocenters. The number of nitrogens with two attached hydrogens (primary N) is 1. The van der Waals surface area contributed by atoms with Crippen molar-refractivity contribution in [2.24, 2.45) is 0 Å². The number of methoxy groups -OCH3 is 2. The number of carbonyl (C=O) groups is 3. The number of ether oxygens (including phenoxy) is 2. The van der Waals surface area contributed by atoms with E-state index in [2.05, 4.69) is 74.4 Å². The monoisotopic (exact) mass is 1360 g/mol. The molecule has 2 heterocycles. The van der Waals surface area contributed by atoms with Crippen molar-refractivity contribution in [3.05, 3.63) is 139 Å². The Bertz CT molecular complexity index is 2380. The van der Waals surface area contributed by atoms with E-state index < -0.39 is 51.9 Å². The van der Waals surface area contributed by atoms with E-state index in [9.17, 15) is 47.8 Å². The number of hydrogen-bond acceptors (Lipinski definition) is 17. The number of aliphatic hydroxyl groups excluding tert-OH is 1. The van der Waals surface area contributed by atoms with Gasteiger partial charge in [0.15, 0.2) is 5.78 Å². The number of carbonyl (C=O) groups excluding carboxylic acids is 3. The van der Waals surface area contributed by atoms with Crippen molar-refractivity contribution < 1.29 is 52.0 Å². The summed E-state index contributed by atoms with van der Waals surface area (Å²) in [6.45, 7) is 3.28. The molecule has 0 spiro atoms. The van der Waals surface area contributed by atoms with Crippen LogP contribution in [0.3, 0.4) is 0 Å². The van der Waals surface area contributed by atoms with Crippen LogP contribution < -0.4 is 16.0 Å². The molecule has 0 aliphatic carbocycles. The van der Waals surface area contributed by atoms with Crippen LogP contribution in [0.2, 0.25) is 15.7 Å². The molecule has 3 aromatic carbocycles. The number of aromatic nitrogens is 4. The SMILES string of the molecule is C.CCC(C(=O)OC)N(c1ccccc1)c1nc(Cl)ncc1[N+](=O)[O-].CCC(Nc1ccccc1)C(=O)CO.CI(C)I.COC(=O)C(Br)CC(F)(F)F.Nc1ccccc1.O=[N+]([O-])c1cnc(Cl)nc1Cl. The molecular weight excluding hydrogens is 1310 g/mol. The minimum absolute atomic E-state index is 0. The second kappa shape index (κ2) is 37.9. The van der Waals surface area contributed by atoms with E-state index in [-0.39, 0.29) is 68.0 Å². The quantitative estimate of drug-likeness (QED) is 0.0136. The van der Waals surface area contributed by atoms with Gasteiger partial charge in [-0.25, -0.2) is 14.8 Å². The van der Waals surface area contributed by atoms with Crippen molar-refractivity contribution in [2.45, 2.75) is 63.6 Å². The van der Waals surface area contributed by atoms with Crippen LogP contribution in [0.1, 0.15) is 40.5 Å². The zero-order chi connectivity index (χ0) is 54.3. The van der Waals surface area contributed by atoms with Gasteiger partial charge in [-0.15, -0.1) is 0 Å². The average molecular weight is 1370 g/mol.